The molecule has 0 radical (unpaired) electrons. The van der Waals surface area contributed by atoms with E-state index in [1.165, 1.54) is 16.3 Å². The standard InChI is InChI=1S/C23H22N2O2.CH4/c1-14-12-15(2)24-22-21(14)19-6-4-5-7-20(19)25(22)13-17-8-10-18(11-9-17)16(3)23(26)27;/h4-12,16H,13H2,1-3H3,(H,26,27);1H4. The van der Waals surface area contributed by atoms with Crippen molar-refractivity contribution in [1.82, 2.24) is 9.55 Å². The van der Waals surface area contributed by atoms with Gasteiger partial charge in [-0.1, -0.05) is 49.9 Å². The van der Waals surface area contributed by atoms with Crippen molar-refractivity contribution in [1.29, 1.82) is 0 Å². The molecule has 4 heteroatoms. The Balaban J connectivity index is 0.00000225. The van der Waals surface area contributed by atoms with Crippen LogP contribution in [0.15, 0.2) is 54.6 Å². The molecule has 0 saturated carbocycles. The lowest BCUT2D eigenvalue weighted by molar-refractivity contribution is -0.138. The Morgan fingerprint density at radius 1 is 1.11 bits per heavy atom. The Hall–Kier alpha value is -3.14. The summed E-state index contributed by atoms with van der Waals surface area (Å²) in [5.74, 6) is -1.31. The summed E-state index contributed by atoms with van der Waals surface area (Å²) in [5, 5.41) is 11.6. The molecule has 2 heterocycles. The number of carbonyl (C=O) groups is 1. The third kappa shape index (κ3) is 3.26. The molecule has 28 heavy (non-hydrogen) atoms. The molecule has 0 saturated heterocycles. The maximum Gasteiger partial charge on any atom is 0.310 e. The molecule has 0 aliphatic carbocycles. The monoisotopic (exact) mass is 374 g/mol. The summed E-state index contributed by atoms with van der Waals surface area (Å²) >= 11 is 0. The average molecular weight is 374 g/mol. The summed E-state index contributed by atoms with van der Waals surface area (Å²) < 4.78 is 2.25. The van der Waals surface area contributed by atoms with Crippen LogP contribution in [0.4, 0.5) is 0 Å². The molecule has 1 atom stereocenters. The van der Waals surface area contributed by atoms with Crippen LogP contribution in [0, 0.1) is 13.8 Å². The second kappa shape index (κ2) is 7.47. The van der Waals surface area contributed by atoms with E-state index in [9.17, 15) is 9.90 Å². The zero-order valence-electron chi connectivity index (χ0n) is 15.7. The summed E-state index contributed by atoms with van der Waals surface area (Å²) in [6.07, 6.45) is 0. The average Bonchev–Trinajstić information content (AvgIpc) is 2.95. The molecule has 0 spiro atoms. The molecule has 4 aromatic rings. The highest BCUT2D eigenvalue weighted by Crippen LogP contribution is 2.31. The van der Waals surface area contributed by atoms with Crippen molar-refractivity contribution < 1.29 is 9.90 Å². The van der Waals surface area contributed by atoms with Crippen LogP contribution in [-0.2, 0) is 11.3 Å². The second-order valence-corrected chi connectivity index (χ2v) is 7.18. The lowest BCUT2D eigenvalue weighted by Gasteiger charge is -2.10. The minimum atomic E-state index is -0.805. The molecule has 0 aliphatic heterocycles. The first kappa shape index (κ1) is 19.6. The number of aromatic nitrogens is 2. The first-order chi connectivity index (χ1) is 13.0. The molecule has 0 bridgehead atoms. The number of para-hydroxylation sites is 1. The number of hydrogen-bond donors (Lipinski definition) is 1. The van der Waals surface area contributed by atoms with Gasteiger partial charge >= 0.3 is 5.97 Å². The number of aliphatic carboxylic acids is 1. The summed E-state index contributed by atoms with van der Waals surface area (Å²) in [6.45, 7) is 6.56. The molecule has 0 fully saturated rings. The van der Waals surface area contributed by atoms with Crippen LogP contribution in [0.3, 0.4) is 0 Å². The van der Waals surface area contributed by atoms with Crippen molar-refractivity contribution in [2.75, 3.05) is 0 Å². The minimum absolute atomic E-state index is 0. The first-order valence-corrected chi connectivity index (χ1v) is 9.12. The van der Waals surface area contributed by atoms with Crippen LogP contribution < -0.4 is 0 Å². The van der Waals surface area contributed by atoms with Gasteiger partial charge in [-0.05, 0) is 49.6 Å². The maximum atomic E-state index is 11.2. The number of aryl methyl sites for hydroxylation is 2. The smallest absolute Gasteiger partial charge is 0.310 e. The van der Waals surface area contributed by atoms with Crippen LogP contribution in [0.2, 0.25) is 0 Å². The van der Waals surface area contributed by atoms with Gasteiger partial charge in [-0.3, -0.25) is 4.79 Å². The molecule has 1 unspecified atom stereocenters. The molecule has 2 aromatic carbocycles. The molecule has 144 valence electrons. The first-order valence-electron chi connectivity index (χ1n) is 9.12. The largest absolute Gasteiger partial charge is 0.481 e. The van der Waals surface area contributed by atoms with Crippen molar-refractivity contribution in [2.45, 2.75) is 40.7 Å². The van der Waals surface area contributed by atoms with E-state index in [0.717, 1.165) is 28.0 Å². The zero-order chi connectivity index (χ0) is 19.1. The molecule has 4 nitrogen and oxygen atoms in total. The maximum absolute atomic E-state index is 11.2. The van der Waals surface area contributed by atoms with Crippen molar-refractivity contribution >= 4 is 27.9 Å². The second-order valence-electron chi connectivity index (χ2n) is 7.18. The van der Waals surface area contributed by atoms with Gasteiger partial charge in [-0.15, -0.1) is 0 Å². The van der Waals surface area contributed by atoms with E-state index in [1.54, 1.807) is 6.92 Å². The fraction of sp³-hybridized carbons (Fsp3) is 0.250. The summed E-state index contributed by atoms with van der Waals surface area (Å²) in [5.41, 5.74) is 6.35. The van der Waals surface area contributed by atoms with Crippen molar-refractivity contribution in [3.8, 4) is 0 Å². The number of benzene rings is 2. The van der Waals surface area contributed by atoms with Crippen LogP contribution in [0.1, 0.15) is 42.7 Å². The predicted molar refractivity (Wildman–Crippen MR) is 115 cm³/mol. The third-order valence-corrected chi connectivity index (χ3v) is 5.24. The van der Waals surface area contributed by atoms with Crippen LogP contribution in [-0.4, -0.2) is 20.6 Å². The quantitative estimate of drug-likeness (QED) is 0.500. The van der Waals surface area contributed by atoms with E-state index in [0.29, 0.717) is 6.54 Å². The van der Waals surface area contributed by atoms with E-state index in [2.05, 4.69) is 41.8 Å². The number of carboxylic acid groups (broad SMARTS) is 1. The summed E-state index contributed by atoms with van der Waals surface area (Å²) in [4.78, 5) is 16.0. The van der Waals surface area contributed by atoms with E-state index in [4.69, 9.17) is 4.98 Å². The molecule has 4 rings (SSSR count). The number of nitrogens with zero attached hydrogens (tertiary/aromatic N) is 2. The SMILES string of the molecule is C.Cc1cc(C)c2c3ccccc3n(Cc3ccc(C(C)C(=O)O)cc3)c2n1. The van der Waals surface area contributed by atoms with E-state index < -0.39 is 11.9 Å². The van der Waals surface area contributed by atoms with Crippen molar-refractivity contribution in [3.63, 3.8) is 0 Å². The Labute approximate surface area is 165 Å². The third-order valence-electron chi connectivity index (χ3n) is 5.24. The van der Waals surface area contributed by atoms with E-state index in [1.807, 2.05) is 31.2 Å². The Morgan fingerprint density at radius 2 is 1.79 bits per heavy atom. The highest BCUT2D eigenvalue weighted by molar-refractivity contribution is 6.08. The fourth-order valence-electron chi connectivity index (χ4n) is 3.78. The van der Waals surface area contributed by atoms with Gasteiger partial charge in [0.05, 0.1) is 11.4 Å². The lowest BCUT2D eigenvalue weighted by atomic mass is 10.00. The number of fused-ring (bicyclic) bond motifs is 3. The van der Waals surface area contributed by atoms with Gasteiger partial charge in [0.1, 0.15) is 5.65 Å². The summed E-state index contributed by atoms with van der Waals surface area (Å²) in [7, 11) is 0. The van der Waals surface area contributed by atoms with Gasteiger partial charge in [0.2, 0.25) is 0 Å². The predicted octanol–water partition coefficient (Wildman–Crippen LogP) is 5.68. The minimum Gasteiger partial charge on any atom is -0.481 e. The number of rotatable bonds is 4. The fourth-order valence-corrected chi connectivity index (χ4v) is 3.78. The lowest BCUT2D eigenvalue weighted by Crippen LogP contribution is -2.07. The highest BCUT2D eigenvalue weighted by Gasteiger charge is 2.16. The van der Waals surface area contributed by atoms with Gasteiger partial charge < -0.3 is 9.67 Å². The zero-order valence-corrected chi connectivity index (χ0v) is 15.7. The van der Waals surface area contributed by atoms with Gasteiger partial charge in [0.15, 0.2) is 0 Å². The Bertz CT molecular complexity index is 1160. The van der Waals surface area contributed by atoms with Gasteiger partial charge in [0.25, 0.3) is 0 Å². The molecular weight excluding hydrogens is 348 g/mol. The number of pyridine rings is 1. The van der Waals surface area contributed by atoms with Crippen molar-refractivity contribution in [3.05, 3.63) is 77.0 Å². The number of carboxylic acids is 1. The van der Waals surface area contributed by atoms with Gasteiger partial charge in [-0.25, -0.2) is 4.98 Å². The summed E-state index contributed by atoms with van der Waals surface area (Å²) in [6, 6.07) is 18.4. The number of hydrogen-bond acceptors (Lipinski definition) is 2. The molecular formula is C24H26N2O2. The Morgan fingerprint density at radius 3 is 2.46 bits per heavy atom. The van der Waals surface area contributed by atoms with Gasteiger partial charge in [-0.2, -0.15) is 0 Å². The van der Waals surface area contributed by atoms with E-state index in [-0.39, 0.29) is 7.43 Å². The Kier molecular flexibility index (Phi) is 5.23. The van der Waals surface area contributed by atoms with Crippen molar-refractivity contribution in [2.24, 2.45) is 0 Å². The van der Waals surface area contributed by atoms with Crippen LogP contribution >= 0.6 is 0 Å². The van der Waals surface area contributed by atoms with Crippen LogP contribution in [0.5, 0.6) is 0 Å². The molecule has 2 aromatic heterocycles. The molecule has 1 N–H and O–H groups in total. The van der Waals surface area contributed by atoms with Gasteiger partial charge in [0, 0.05) is 23.0 Å². The molecule has 0 aliphatic rings. The topological polar surface area (TPSA) is 55.1 Å². The highest BCUT2D eigenvalue weighted by atomic mass is 16.4. The van der Waals surface area contributed by atoms with E-state index >= 15 is 0 Å². The molecule has 0 amide bonds. The van der Waals surface area contributed by atoms with Crippen LogP contribution in [0.25, 0.3) is 21.9 Å². The normalized spacial score (nSPS) is 12.1.